The number of ether oxygens (including phenoxy) is 1. The molecule has 0 saturated heterocycles. The van der Waals surface area contributed by atoms with E-state index in [-0.39, 0.29) is 11.9 Å². The van der Waals surface area contributed by atoms with Crippen LogP contribution in [0.1, 0.15) is 69.5 Å². The molecule has 38 heavy (non-hydrogen) atoms. The molecule has 1 N–H and O–H groups in total. The molecule has 2 aromatic carbocycles. The third kappa shape index (κ3) is 5.94. The number of para-hydroxylation sites is 1. The van der Waals surface area contributed by atoms with Crippen LogP contribution in [-0.2, 0) is 17.6 Å². The molecule has 2 aromatic heterocycles. The van der Waals surface area contributed by atoms with Crippen molar-refractivity contribution in [1.29, 1.82) is 0 Å². The number of aryl methyl sites for hydroxylation is 1. The summed E-state index contributed by atoms with van der Waals surface area (Å²) >= 11 is 1.61. The van der Waals surface area contributed by atoms with E-state index >= 15 is 0 Å². The highest BCUT2D eigenvalue weighted by atomic mass is 32.1. The van der Waals surface area contributed by atoms with E-state index in [0.29, 0.717) is 34.3 Å². The maximum Gasteiger partial charge on any atom is 0.338 e. The number of benzene rings is 2. The quantitative estimate of drug-likeness (QED) is 0.196. The maximum atomic E-state index is 13.4. The molecule has 1 aliphatic rings. The summed E-state index contributed by atoms with van der Waals surface area (Å²) in [6.07, 6.45) is 8.16. The van der Waals surface area contributed by atoms with Crippen LogP contribution in [-0.4, -0.2) is 24.7 Å². The van der Waals surface area contributed by atoms with E-state index in [1.54, 1.807) is 36.6 Å². The first-order valence-electron chi connectivity index (χ1n) is 13.0. The van der Waals surface area contributed by atoms with Gasteiger partial charge in [0, 0.05) is 16.1 Å². The second-order valence-electron chi connectivity index (χ2n) is 9.18. The number of carbonyl (C=O) groups is 2. The Kier molecular flexibility index (Phi) is 8.14. The molecular formula is C31H30N2O4S. The summed E-state index contributed by atoms with van der Waals surface area (Å²) in [5.41, 5.74) is 3.92. The van der Waals surface area contributed by atoms with Crippen LogP contribution in [0.2, 0.25) is 0 Å². The first-order valence-corrected chi connectivity index (χ1v) is 13.9. The zero-order valence-electron chi connectivity index (χ0n) is 21.4. The normalized spacial score (nSPS) is 13.5. The summed E-state index contributed by atoms with van der Waals surface area (Å²) in [5, 5.41) is 3.76. The highest BCUT2D eigenvalue weighted by molar-refractivity contribution is 7.16. The van der Waals surface area contributed by atoms with Crippen molar-refractivity contribution in [3.05, 3.63) is 94.1 Å². The van der Waals surface area contributed by atoms with Gasteiger partial charge in [0.1, 0.15) is 16.5 Å². The molecule has 0 saturated carbocycles. The van der Waals surface area contributed by atoms with Crippen LogP contribution < -0.4 is 5.32 Å². The number of nitrogens with one attached hydrogen (secondary N) is 1. The Bertz CT molecular complexity index is 1430. The van der Waals surface area contributed by atoms with Crippen molar-refractivity contribution in [2.24, 2.45) is 4.99 Å². The molecule has 194 valence electrons. The van der Waals surface area contributed by atoms with Crippen molar-refractivity contribution >= 4 is 40.1 Å². The number of hydrogen-bond donors (Lipinski definition) is 1. The zero-order valence-corrected chi connectivity index (χ0v) is 22.2. The Morgan fingerprint density at radius 3 is 2.50 bits per heavy atom. The predicted molar refractivity (Wildman–Crippen MR) is 152 cm³/mol. The number of esters is 1. The van der Waals surface area contributed by atoms with Crippen LogP contribution in [0.3, 0.4) is 0 Å². The fourth-order valence-electron chi connectivity index (χ4n) is 4.63. The van der Waals surface area contributed by atoms with Crippen LogP contribution >= 0.6 is 11.3 Å². The van der Waals surface area contributed by atoms with Crippen LogP contribution in [0.25, 0.3) is 11.3 Å². The van der Waals surface area contributed by atoms with Gasteiger partial charge in [-0.1, -0.05) is 43.2 Å². The van der Waals surface area contributed by atoms with Crippen LogP contribution in [0.5, 0.6) is 0 Å². The topological polar surface area (TPSA) is 80.9 Å². The molecular weight excluding hydrogens is 496 g/mol. The summed E-state index contributed by atoms with van der Waals surface area (Å²) in [7, 11) is 0. The summed E-state index contributed by atoms with van der Waals surface area (Å²) in [6.45, 7) is 2.12. The van der Waals surface area contributed by atoms with Crippen molar-refractivity contribution in [2.45, 2.75) is 45.4 Å². The fourth-order valence-corrected chi connectivity index (χ4v) is 5.86. The maximum absolute atomic E-state index is 13.4. The molecule has 0 radical (unpaired) electrons. The lowest BCUT2D eigenvalue weighted by Crippen LogP contribution is -2.14. The SMILES string of the molecule is CCOC(=O)c1ccc(-c2ccc(C=Nc3sc4c(c3C(=O)Nc3ccccc3)CCCCCC4)o2)cc1. The van der Waals surface area contributed by atoms with Gasteiger partial charge in [0.05, 0.1) is 23.9 Å². The average molecular weight is 527 g/mol. The molecule has 6 nitrogen and oxygen atoms in total. The van der Waals surface area contributed by atoms with Gasteiger partial charge in [0.15, 0.2) is 0 Å². The smallest absolute Gasteiger partial charge is 0.338 e. The molecule has 7 heteroatoms. The standard InChI is InChI=1S/C31H30N2O4S/c1-2-36-31(35)22-16-14-21(15-17-22)26-19-18-24(37-26)20-32-30-28(29(34)33-23-10-6-5-7-11-23)25-12-8-3-4-9-13-27(25)38-30/h5-7,10-11,14-20H,2-4,8-9,12-13H2,1H3,(H,33,34). The summed E-state index contributed by atoms with van der Waals surface area (Å²) in [4.78, 5) is 31.4. The van der Waals surface area contributed by atoms with E-state index in [0.717, 1.165) is 42.5 Å². The van der Waals surface area contributed by atoms with Crippen LogP contribution in [0.15, 0.2) is 76.1 Å². The lowest BCUT2D eigenvalue weighted by Gasteiger charge is -2.11. The lowest BCUT2D eigenvalue weighted by atomic mass is 9.96. The molecule has 5 rings (SSSR count). The van der Waals surface area contributed by atoms with Crippen molar-refractivity contribution in [1.82, 2.24) is 0 Å². The average Bonchev–Trinajstić information content (AvgIpc) is 3.53. The fraction of sp³-hybridized carbons (Fsp3) is 0.258. The largest absolute Gasteiger partial charge is 0.462 e. The Balaban J connectivity index is 1.40. The van der Waals surface area contributed by atoms with E-state index in [9.17, 15) is 9.59 Å². The Hall–Kier alpha value is -3.97. The minimum absolute atomic E-state index is 0.122. The number of rotatable bonds is 7. The molecule has 0 unspecified atom stereocenters. The second-order valence-corrected chi connectivity index (χ2v) is 10.3. The molecule has 0 fully saturated rings. The van der Waals surface area contributed by atoms with Gasteiger partial charge in [0.25, 0.3) is 5.91 Å². The number of fused-ring (bicyclic) bond motifs is 1. The van der Waals surface area contributed by atoms with E-state index in [2.05, 4.69) is 5.32 Å². The van der Waals surface area contributed by atoms with E-state index in [1.165, 1.54) is 17.7 Å². The molecule has 0 spiro atoms. The Morgan fingerprint density at radius 2 is 1.74 bits per heavy atom. The molecule has 0 atom stereocenters. The highest BCUT2D eigenvalue weighted by Gasteiger charge is 2.24. The van der Waals surface area contributed by atoms with E-state index < -0.39 is 0 Å². The summed E-state index contributed by atoms with van der Waals surface area (Å²) in [6, 6.07) is 20.4. The number of aliphatic imine (C=N–C) groups is 1. The third-order valence-electron chi connectivity index (χ3n) is 6.53. The number of nitrogens with zero attached hydrogens (tertiary/aromatic N) is 1. The van der Waals surface area contributed by atoms with Crippen LogP contribution in [0, 0.1) is 0 Å². The number of amides is 1. The third-order valence-corrected chi connectivity index (χ3v) is 7.73. The summed E-state index contributed by atoms with van der Waals surface area (Å²) < 4.78 is 11.1. The zero-order chi connectivity index (χ0) is 26.3. The monoisotopic (exact) mass is 526 g/mol. The number of hydrogen-bond acceptors (Lipinski definition) is 6. The van der Waals surface area contributed by atoms with Gasteiger partial charge in [-0.05, 0) is 74.6 Å². The van der Waals surface area contributed by atoms with Crippen LogP contribution in [0.4, 0.5) is 10.7 Å². The lowest BCUT2D eigenvalue weighted by molar-refractivity contribution is 0.0526. The molecule has 4 aromatic rings. The minimum Gasteiger partial charge on any atom is -0.462 e. The molecule has 2 heterocycles. The molecule has 0 bridgehead atoms. The molecule has 1 aliphatic carbocycles. The van der Waals surface area contributed by atoms with Crippen molar-refractivity contribution in [2.75, 3.05) is 11.9 Å². The number of carbonyl (C=O) groups excluding carboxylic acids is 2. The second kappa shape index (κ2) is 12.0. The first-order chi connectivity index (χ1) is 18.6. The van der Waals surface area contributed by atoms with E-state index in [4.69, 9.17) is 14.1 Å². The molecule has 1 amide bonds. The predicted octanol–water partition coefficient (Wildman–Crippen LogP) is 7.85. The first kappa shape index (κ1) is 25.7. The van der Waals surface area contributed by atoms with Gasteiger partial charge in [-0.2, -0.15) is 0 Å². The van der Waals surface area contributed by atoms with Crippen molar-refractivity contribution in [3.8, 4) is 11.3 Å². The highest BCUT2D eigenvalue weighted by Crippen LogP contribution is 2.39. The molecule has 0 aliphatic heterocycles. The van der Waals surface area contributed by atoms with Gasteiger partial charge < -0.3 is 14.5 Å². The number of thiophene rings is 1. The number of anilines is 1. The van der Waals surface area contributed by atoms with Gasteiger partial charge in [0.2, 0.25) is 0 Å². The number of furan rings is 1. The van der Waals surface area contributed by atoms with E-state index in [1.807, 2.05) is 54.6 Å². The Labute approximate surface area is 226 Å². The summed E-state index contributed by atoms with van der Waals surface area (Å²) in [5.74, 6) is 0.791. The van der Waals surface area contributed by atoms with Gasteiger partial charge >= 0.3 is 5.97 Å². The van der Waals surface area contributed by atoms with Gasteiger partial charge in [-0.3, -0.25) is 4.79 Å². The van der Waals surface area contributed by atoms with Crippen molar-refractivity contribution in [3.63, 3.8) is 0 Å². The Morgan fingerprint density at radius 1 is 0.974 bits per heavy atom. The van der Waals surface area contributed by atoms with Gasteiger partial charge in [-0.25, -0.2) is 9.79 Å². The van der Waals surface area contributed by atoms with Gasteiger partial charge in [-0.15, -0.1) is 11.3 Å². The minimum atomic E-state index is -0.344. The van der Waals surface area contributed by atoms with Crippen molar-refractivity contribution < 1.29 is 18.7 Å².